The highest BCUT2D eigenvalue weighted by molar-refractivity contribution is 5.92. The second-order valence-corrected chi connectivity index (χ2v) is 5.44. The lowest BCUT2D eigenvalue weighted by atomic mass is 10.2. The van der Waals surface area contributed by atoms with Crippen molar-refractivity contribution < 1.29 is 19.3 Å². The summed E-state index contributed by atoms with van der Waals surface area (Å²) in [5, 5.41) is 0. The minimum atomic E-state index is -0.596. The minimum absolute atomic E-state index is 0.000540. The van der Waals surface area contributed by atoms with Crippen molar-refractivity contribution in [3.63, 3.8) is 0 Å². The summed E-state index contributed by atoms with van der Waals surface area (Å²) >= 11 is 0. The van der Waals surface area contributed by atoms with Crippen molar-refractivity contribution in [2.24, 2.45) is 10.7 Å². The molecule has 0 aliphatic rings. The number of benzene rings is 2. The maximum atomic E-state index is 12.0. The quantitative estimate of drug-likeness (QED) is 0.307. The van der Waals surface area contributed by atoms with Crippen molar-refractivity contribution in [1.82, 2.24) is 11.0 Å². The lowest BCUT2D eigenvalue weighted by Crippen LogP contribution is -2.40. The number of rotatable bonds is 6. The number of hydrogen-bond acceptors (Lipinski definition) is 6. The van der Waals surface area contributed by atoms with E-state index >= 15 is 0 Å². The lowest BCUT2D eigenvalue weighted by Gasteiger charge is -2.12. The molecule has 0 unspecified atom stereocenters. The van der Waals surface area contributed by atoms with Crippen LogP contribution in [0.25, 0.3) is 0 Å². The number of aliphatic imine (C=N–C) groups is 1. The van der Waals surface area contributed by atoms with Gasteiger partial charge in [-0.15, -0.1) is 0 Å². The molecule has 0 saturated carbocycles. The van der Waals surface area contributed by atoms with Gasteiger partial charge >= 0.3 is 11.9 Å². The third-order valence-electron chi connectivity index (χ3n) is 3.38. The Morgan fingerprint density at radius 1 is 0.815 bits per heavy atom. The highest BCUT2D eigenvalue weighted by Gasteiger charge is 2.11. The number of carbonyl (C=O) groups excluding carboxylic acids is 2. The van der Waals surface area contributed by atoms with Crippen LogP contribution >= 0.6 is 0 Å². The van der Waals surface area contributed by atoms with Crippen molar-refractivity contribution in [3.8, 4) is 0 Å². The average Bonchev–Trinajstić information content (AvgIpc) is 2.73. The molecule has 0 spiro atoms. The molecule has 4 N–H and O–H groups in total. The molecule has 0 aliphatic carbocycles. The van der Waals surface area contributed by atoms with Gasteiger partial charge in [0.05, 0.1) is 11.1 Å². The van der Waals surface area contributed by atoms with E-state index in [4.69, 9.17) is 15.4 Å². The van der Waals surface area contributed by atoms with Gasteiger partial charge < -0.3 is 15.4 Å². The molecule has 0 fully saturated rings. The Morgan fingerprint density at radius 2 is 1.30 bits per heavy atom. The molecule has 27 heavy (non-hydrogen) atoms. The zero-order valence-electron chi connectivity index (χ0n) is 14.8. The summed E-state index contributed by atoms with van der Waals surface area (Å²) in [4.78, 5) is 38.1. The van der Waals surface area contributed by atoms with Crippen LogP contribution in [0, 0.1) is 0 Å². The zero-order valence-corrected chi connectivity index (χ0v) is 14.8. The molecule has 2 aromatic rings. The summed E-state index contributed by atoms with van der Waals surface area (Å²) in [6, 6.07) is 16.9. The Labute approximate surface area is 157 Å². The molecule has 8 heteroatoms. The molecule has 2 aromatic carbocycles. The van der Waals surface area contributed by atoms with Gasteiger partial charge in [0.15, 0.2) is 0 Å². The summed E-state index contributed by atoms with van der Waals surface area (Å²) in [7, 11) is 0. The molecule has 142 valence electrons. The maximum absolute atomic E-state index is 12.0. The van der Waals surface area contributed by atoms with Crippen molar-refractivity contribution in [2.45, 2.75) is 12.8 Å². The Hall–Kier alpha value is -3.39. The second-order valence-electron chi connectivity index (χ2n) is 5.44. The Morgan fingerprint density at radius 3 is 1.74 bits per heavy atom. The van der Waals surface area contributed by atoms with Gasteiger partial charge in [-0.3, -0.25) is 0 Å². The summed E-state index contributed by atoms with van der Waals surface area (Å²) in [6.07, 6.45) is 1.53. The third kappa shape index (κ3) is 7.17. The molecule has 0 atom stereocenters. The first-order valence-corrected chi connectivity index (χ1v) is 8.49. The average molecular weight is 370 g/mol. The summed E-state index contributed by atoms with van der Waals surface area (Å²) in [6.45, 7) is 0.968. The van der Waals surface area contributed by atoms with E-state index in [1.165, 1.54) is 0 Å². The van der Waals surface area contributed by atoms with Crippen LogP contribution in [0.2, 0.25) is 0 Å². The third-order valence-corrected chi connectivity index (χ3v) is 3.38. The van der Waals surface area contributed by atoms with Crippen molar-refractivity contribution in [3.05, 3.63) is 71.8 Å². The van der Waals surface area contributed by atoms with Crippen LogP contribution in [0.1, 0.15) is 33.6 Å². The van der Waals surface area contributed by atoms with E-state index in [9.17, 15) is 9.59 Å². The molecule has 0 aliphatic heterocycles. The minimum Gasteiger partial charge on any atom is -0.335 e. The monoisotopic (exact) mass is 370 g/mol. The number of nitrogens with two attached hydrogens (primary N) is 1. The predicted octanol–water partition coefficient (Wildman–Crippen LogP) is 1.80. The SMILES string of the molecule is NCCCCN=C(NOC(=O)c1ccccc1)NOC(=O)c1ccccc1. The van der Waals surface area contributed by atoms with Gasteiger partial charge in [-0.1, -0.05) is 36.4 Å². The van der Waals surface area contributed by atoms with E-state index in [1.54, 1.807) is 60.7 Å². The number of nitrogens with zero attached hydrogens (tertiary/aromatic N) is 1. The van der Waals surface area contributed by atoms with Crippen molar-refractivity contribution in [1.29, 1.82) is 0 Å². The predicted molar refractivity (Wildman–Crippen MR) is 101 cm³/mol. The van der Waals surface area contributed by atoms with Crippen LogP contribution in [0.15, 0.2) is 65.7 Å². The van der Waals surface area contributed by atoms with Gasteiger partial charge in [0.1, 0.15) is 0 Å². The molecular formula is C19H22N4O4. The molecule has 0 amide bonds. The zero-order chi connectivity index (χ0) is 19.3. The summed E-state index contributed by atoms with van der Waals surface area (Å²) in [5.41, 5.74) is 11.0. The molecule has 0 radical (unpaired) electrons. The van der Waals surface area contributed by atoms with Gasteiger partial charge in [0.2, 0.25) is 0 Å². The number of hydrogen-bond donors (Lipinski definition) is 3. The standard InChI is InChI=1S/C19H22N4O4/c20-13-7-8-14-21-19(22-26-17(24)15-9-3-1-4-10-15)23-27-18(25)16-11-5-2-6-12-16/h1-6,9-12H,7-8,13-14,20H2,(H2,21,22,23). The first kappa shape index (κ1) is 19.9. The lowest BCUT2D eigenvalue weighted by molar-refractivity contribution is 0.0278. The van der Waals surface area contributed by atoms with E-state index in [1.807, 2.05) is 0 Å². The Kier molecular flexibility index (Phi) is 8.32. The Balaban J connectivity index is 1.92. The molecule has 0 heterocycles. The van der Waals surface area contributed by atoms with E-state index in [0.29, 0.717) is 24.2 Å². The van der Waals surface area contributed by atoms with Crippen molar-refractivity contribution >= 4 is 17.9 Å². The Bertz CT molecular complexity index is 693. The fraction of sp³-hybridized carbons (Fsp3) is 0.211. The van der Waals surface area contributed by atoms with E-state index in [-0.39, 0.29) is 5.96 Å². The molecule has 8 nitrogen and oxygen atoms in total. The number of nitrogens with one attached hydrogen (secondary N) is 2. The van der Waals surface area contributed by atoms with E-state index in [2.05, 4.69) is 16.0 Å². The fourth-order valence-electron chi connectivity index (χ4n) is 1.99. The molecule has 0 saturated heterocycles. The van der Waals surface area contributed by atoms with Crippen LogP contribution < -0.4 is 16.7 Å². The number of hydroxylamine groups is 2. The fourth-order valence-corrected chi connectivity index (χ4v) is 1.99. The normalized spacial score (nSPS) is 9.81. The molecule has 0 bridgehead atoms. The maximum Gasteiger partial charge on any atom is 0.362 e. The van der Waals surface area contributed by atoms with E-state index in [0.717, 1.165) is 12.8 Å². The molecule has 2 rings (SSSR count). The van der Waals surface area contributed by atoms with E-state index < -0.39 is 11.9 Å². The first-order chi connectivity index (χ1) is 13.2. The highest BCUT2D eigenvalue weighted by Crippen LogP contribution is 2.01. The van der Waals surface area contributed by atoms with Gasteiger partial charge in [0.25, 0.3) is 5.96 Å². The number of unbranched alkanes of at least 4 members (excludes halogenated alkanes) is 1. The first-order valence-electron chi connectivity index (χ1n) is 8.49. The van der Waals surface area contributed by atoms with Crippen LogP contribution in [-0.2, 0) is 9.68 Å². The van der Waals surface area contributed by atoms with Crippen LogP contribution in [-0.4, -0.2) is 31.0 Å². The van der Waals surface area contributed by atoms with Gasteiger partial charge in [-0.05, 0) is 43.7 Å². The van der Waals surface area contributed by atoms with Gasteiger partial charge in [0, 0.05) is 6.54 Å². The van der Waals surface area contributed by atoms with Crippen molar-refractivity contribution in [2.75, 3.05) is 13.1 Å². The largest absolute Gasteiger partial charge is 0.362 e. The number of guanidine groups is 1. The summed E-state index contributed by atoms with van der Waals surface area (Å²) in [5.74, 6) is -1.19. The second kappa shape index (κ2) is 11.3. The van der Waals surface area contributed by atoms with Crippen LogP contribution in [0.3, 0.4) is 0 Å². The summed E-state index contributed by atoms with van der Waals surface area (Å²) < 4.78 is 0. The number of carbonyl (C=O) groups is 2. The highest BCUT2D eigenvalue weighted by atomic mass is 16.7. The van der Waals surface area contributed by atoms with Crippen LogP contribution in [0.4, 0.5) is 0 Å². The molecular weight excluding hydrogens is 348 g/mol. The van der Waals surface area contributed by atoms with Gasteiger partial charge in [-0.2, -0.15) is 11.0 Å². The smallest absolute Gasteiger partial charge is 0.335 e. The van der Waals surface area contributed by atoms with Crippen LogP contribution in [0.5, 0.6) is 0 Å². The topological polar surface area (TPSA) is 115 Å². The van der Waals surface area contributed by atoms with Gasteiger partial charge in [-0.25, -0.2) is 14.6 Å². The molecule has 0 aromatic heterocycles.